The van der Waals surface area contributed by atoms with Gasteiger partial charge in [-0.1, -0.05) is 11.6 Å². The fourth-order valence-corrected chi connectivity index (χ4v) is 3.98. The van der Waals surface area contributed by atoms with Crippen molar-refractivity contribution >= 4 is 29.1 Å². The predicted molar refractivity (Wildman–Crippen MR) is 118 cm³/mol. The summed E-state index contributed by atoms with van der Waals surface area (Å²) in [6, 6.07) is 9.02. The molecule has 2 aromatic rings. The monoisotopic (exact) mass is 429 g/mol. The highest BCUT2D eigenvalue weighted by Gasteiger charge is 2.24. The van der Waals surface area contributed by atoms with Crippen molar-refractivity contribution in [2.75, 3.05) is 25.5 Å². The Bertz CT molecular complexity index is 860. The molecule has 0 spiro atoms. The van der Waals surface area contributed by atoms with Crippen LogP contribution in [0, 0.1) is 5.92 Å². The van der Waals surface area contributed by atoms with Gasteiger partial charge in [0.1, 0.15) is 5.75 Å². The molecular formula is C23H28ClN3O3. The molecule has 1 aromatic heterocycles. The van der Waals surface area contributed by atoms with Crippen molar-refractivity contribution in [3.8, 4) is 5.75 Å². The van der Waals surface area contributed by atoms with Crippen molar-refractivity contribution in [1.29, 1.82) is 0 Å². The van der Waals surface area contributed by atoms with Crippen molar-refractivity contribution in [1.82, 2.24) is 9.88 Å². The van der Waals surface area contributed by atoms with Crippen LogP contribution in [0.3, 0.4) is 0 Å². The maximum absolute atomic E-state index is 12.6. The largest absolute Gasteiger partial charge is 0.495 e. The molecule has 1 N–H and O–H groups in total. The summed E-state index contributed by atoms with van der Waals surface area (Å²) in [7, 11) is 1.56. The molecule has 0 bridgehead atoms. The number of anilines is 1. The summed E-state index contributed by atoms with van der Waals surface area (Å²) < 4.78 is 5.27. The van der Waals surface area contributed by atoms with Gasteiger partial charge < -0.3 is 15.0 Å². The van der Waals surface area contributed by atoms with Gasteiger partial charge in [-0.2, -0.15) is 0 Å². The van der Waals surface area contributed by atoms with E-state index in [2.05, 4.69) is 10.3 Å². The van der Waals surface area contributed by atoms with Crippen LogP contribution in [0.2, 0.25) is 5.02 Å². The van der Waals surface area contributed by atoms with E-state index in [1.54, 1.807) is 37.7 Å². The van der Waals surface area contributed by atoms with Crippen LogP contribution >= 0.6 is 11.6 Å². The number of aromatic nitrogens is 1. The van der Waals surface area contributed by atoms with E-state index in [1.807, 2.05) is 17.0 Å². The number of likely N-dealkylation sites (tertiary alicyclic amines) is 1. The van der Waals surface area contributed by atoms with E-state index in [1.165, 1.54) is 0 Å². The Morgan fingerprint density at radius 3 is 2.80 bits per heavy atom. The quantitative estimate of drug-likeness (QED) is 0.677. The van der Waals surface area contributed by atoms with E-state index in [-0.39, 0.29) is 11.8 Å². The first-order chi connectivity index (χ1) is 14.5. The maximum atomic E-state index is 12.6. The highest BCUT2D eigenvalue weighted by Crippen LogP contribution is 2.28. The Hall–Kier alpha value is -2.60. The second-order valence-electron chi connectivity index (χ2n) is 7.63. The number of piperidine rings is 1. The van der Waals surface area contributed by atoms with Gasteiger partial charge in [-0.25, -0.2) is 0 Å². The number of rotatable bonds is 8. The highest BCUT2D eigenvalue weighted by molar-refractivity contribution is 6.31. The summed E-state index contributed by atoms with van der Waals surface area (Å²) in [5.41, 5.74) is 1.70. The number of nitrogens with zero attached hydrogens (tertiary/aromatic N) is 2. The maximum Gasteiger partial charge on any atom is 0.224 e. The van der Waals surface area contributed by atoms with Gasteiger partial charge in [-0.05, 0) is 67.5 Å². The number of carbonyl (C=O) groups excluding carboxylic acids is 2. The van der Waals surface area contributed by atoms with Gasteiger partial charge in [0.2, 0.25) is 11.8 Å². The van der Waals surface area contributed by atoms with Crippen LogP contribution < -0.4 is 10.1 Å². The number of hydrogen-bond acceptors (Lipinski definition) is 4. The van der Waals surface area contributed by atoms with Crippen molar-refractivity contribution < 1.29 is 14.3 Å². The van der Waals surface area contributed by atoms with E-state index in [0.717, 1.165) is 44.3 Å². The standard InChI is InChI=1S/C23H28ClN3O3/c1-30-21-7-6-19(24)15-20(21)26-22(28)8-4-18-3-2-14-27(16-18)23(29)9-5-17-10-12-25-13-11-17/h6-7,10-13,15,18H,2-5,8-9,14,16H2,1H3,(H,26,28)/t18-/m1/s1. The molecule has 7 heteroatoms. The van der Waals surface area contributed by atoms with E-state index in [4.69, 9.17) is 16.3 Å². The lowest BCUT2D eigenvalue weighted by Crippen LogP contribution is -2.40. The minimum absolute atomic E-state index is 0.0725. The SMILES string of the molecule is COc1ccc(Cl)cc1NC(=O)CC[C@H]1CCCN(C(=O)CCc2ccncc2)C1. The number of ether oxygens (including phenoxy) is 1. The van der Waals surface area contributed by atoms with Crippen molar-refractivity contribution in [2.45, 2.75) is 38.5 Å². The summed E-state index contributed by atoms with van der Waals surface area (Å²) in [5, 5.41) is 3.42. The van der Waals surface area contributed by atoms with E-state index >= 15 is 0 Å². The molecule has 0 aliphatic carbocycles. The molecule has 6 nitrogen and oxygen atoms in total. The van der Waals surface area contributed by atoms with Gasteiger partial charge in [-0.15, -0.1) is 0 Å². The predicted octanol–water partition coefficient (Wildman–Crippen LogP) is 4.33. The van der Waals surface area contributed by atoms with Crippen LogP contribution in [0.1, 0.15) is 37.7 Å². The van der Waals surface area contributed by atoms with E-state index in [0.29, 0.717) is 35.2 Å². The Balaban J connectivity index is 1.45. The summed E-state index contributed by atoms with van der Waals surface area (Å²) >= 11 is 6.02. The summed E-state index contributed by atoms with van der Waals surface area (Å²) in [5.74, 6) is 1.04. The molecule has 1 aromatic carbocycles. The normalized spacial score (nSPS) is 16.2. The van der Waals surface area contributed by atoms with Crippen LogP contribution in [-0.2, 0) is 16.0 Å². The number of carbonyl (C=O) groups is 2. The first kappa shape index (κ1) is 22.1. The van der Waals surface area contributed by atoms with Crippen molar-refractivity contribution in [2.24, 2.45) is 5.92 Å². The molecule has 160 valence electrons. The molecule has 1 atom stereocenters. The Morgan fingerprint density at radius 2 is 2.03 bits per heavy atom. The molecular weight excluding hydrogens is 402 g/mol. The van der Waals surface area contributed by atoms with Gasteiger partial charge >= 0.3 is 0 Å². The highest BCUT2D eigenvalue weighted by atomic mass is 35.5. The molecule has 1 fully saturated rings. The lowest BCUT2D eigenvalue weighted by atomic mass is 9.93. The molecule has 1 aliphatic rings. The molecule has 30 heavy (non-hydrogen) atoms. The lowest BCUT2D eigenvalue weighted by Gasteiger charge is -2.33. The number of nitrogens with one attached hydrogen (secondary N) is 1. The molecule has 1 aliphatic heterocycles. The van der Waals surface area contributed by atoms with E-state index < -0.39 is 0 Å². The van der Waals surface area contributed by atoms with Gasteiger partial charge in [0.25, 0.3) is 0 Å². The zero-order valence-corrected chi connectivity index (χ0v) is 18.0. The Labute approximate surface area is 182 Å². The smallest absolute Gasteiger partial charge is 0.224 e. The molecule has 2 amide bonds. The number of pyridine rings is 1. The Morgan fingerprint density at radius 1 is 1.23 bits per heavy atom. The molecule has 3 rings (SSSR count). The van der Waals surface area contributed by atoms with Crippen LogP contribution in [0.25, 0.3) is 0 Å². The molecule has 0 saturated carbocycles. The Kier molecular flexibility index (Phi) is 8.08. The number of aryl methyl sites for hydroxylation is 1. The lowest BCUT2D eigenvalue weighted by molar-refractivity contribution is -0.133. The third-order valence-corrected chi connectivity index (χ3v) is 5.70. The topological polar surface area (TPSA) is 71.5 Å². The molecule has 1 saturated heterocycles. The first-order valence-corrected chi connectivity index (χ1v) is 10.7. The van der Waals surface area contributed by atoms with E-state index in [9.17, 15) is 9.59 Å². The number of methoxy groups -OCH3 is 1. The van der Waals surface area contributed by atoms with Crippen molar-refractivity contribution in [3.63, 3.8) is 0 Å². The number of amides is 2. The minimum atomic E-state index is -0.0725. The molecule has 2 heterocycles. The fraction of sp³-hybridized carbons (Fsp3) is 0.435. The number of benzene rings is 1. The van der Waals surface area contributed by atoms with Crippen LogP contribution in [0.15, 0.2) is 42.7 Å². The second kappa shape index (κ2) is 11.0. The average Bonchev–Trinajstić information content (AvgIpc) is 2.77. The fourth-order valence-electron chi connectivity index (χ4n) is 3.81. The van der Waals surface area contributed by atoms with Crippen LogP contribution in [-0.4, -0.2) is 41.9 Å². The van der Waals surface area contributed by atoms with Crippen LogP contribution in [0.4, 0.5) is 5.69 Å². The van der Waals surface area contributed by atoms with Crippen LogP contribution in [0.5, 0.6) is 5.75 Å². The van der Waals surface area contributed by atoms with Gasteiger partial charge in [0.05, 0.1) is 12.8 Å². The molecule has 0 radical (unpaired) electrons. The summed E-state index contributed by atoms with van der Waals surface area (Å²) in [6.45, 7) is 1.53. The summed E-state index contributed by atoms with van der Waals surface area (Å²) in [6.07, 6.45) is 7.92. The third kappa shape index (κ3) is 6.46. The van der Waals surface area contributed by atoms with Gasteiger partial charge in [-0.3, -0.25) is 14.6 Å². The number of hydrogen-bond donors (Lipinski definition) is 1. The summed E-state index contributed by atoms with van der Waals surface area (Å²) in [4.78, 5) is 31.0. The second-order valence-corrected chi connectivity index (χ2v) is 8.07. The zero-order chi connectivity index (χ0) is 21.3. The van der Waals surface area contributed by atoms with Crippen molar-refractivity contribution in [3.05, 3.63) is 53.3 Å². The van der Waals surface area contributed by atoms with Gasteiger partial charge in [0, 0.05) is 43.3 Å². The third-order valence-electron chi connectivity index (χ3n) is 5.46. The average molecular weight is 430 g/mol. The molecule has 0 unspecified atom stereocenters. The first-order valence-electron chi connectivity index (χ1n) is 10.3. The zero-order valence-electron chi connectivity index (χ0n) is 17.3. The minimum Gasteiger partial charge on any atom is -0.495 e. The number of halogens is 1. The van der Waals surface area contributed by atoms with Gasteiger partial charge in [0.15, 0.2) is 0 Å².